The molecule has 0 amide bonds. The van der Waals surface area contributed by atoms with E-state index in [4.69, 9.17) is 10.0 Å². The van der Waals surface area contributed by atoms with E-state index in [1.54, 1.807) is 6.92 Å². The largest absolute Gasteiger partial charge is 0.279 e. The first-order valence-corrected chi connectivity index (χ1v) is 6.67. The Morgan fingerprint density at radius 2 is 2.06 bits per heavy atom. The van der Waals surface area contributed by atoms with Crippen LogP contribution in [0.25, 0.3) is 0 Å². The fourth-order valence-electron chi connectivity index (χ4n) is 1.98. The molecule has 88 valence electrons. The van der Waals surface area contributed by atoms with Crippen LogP contribution in [0.1, 0.15) is 12.5 Å². The molecule has 1 aromatic carbocycles. The van der Waals surface area contributed by atoms with Crippen LogP contribution in [0.4, 0.5) is 5.69 Å². The summed E-state index contributed by atoms with van der Waals surface area (Å²) in [5.74, 6) is 5.88. The summed E-state index contributed by atoms with van der Waals surface area (Å²) in [6.07, 6.45) is 1.47. The highest BCUT2D eigenvalue weighted by molar-refractivity contribution is 7.86. The number of anilines is 1. The van der Waals surface area contributed by atoms with Crippen molar-refractivity contribution in [2.24, 2.45) is 5.84 Å². The van der Waals surface area contributed by atoms with Crippen molar-refractivity contribution < 1.29 is 12.6 Å². The molecule has 1 aliphatic rings. The van der Waals surface area contributed by atoms with Crippen LogP contribution in [0.2, 0.25) is 0 Å². The number of hydrogen-bond acceptors (Lipinski definition) is 5. The maximum Gasteiger partial charge on any atom is 0.266 e. The Morgan fingerprint density at radius 3 is 2.62 bits per heavy atom. The van der Waals surface area contributed by atoms with Gasteiger partial charge < -0.3 is 0 Å². The minimum atomic E-state index is -3.54. The monoisotopic (exact) mass is 242 g/mol. The molecule has 0 radical (unpaired) electrons. The molecular formula is C10H14N2O3S. The molecule has 6 heteroatoms. The number of nitrogens with two attached hydrogens (primary N) is 1. The fraction of sp³-hybridized carbons (Fsp3) is 0.400. The summed E-state index contributed by atoms with van der Waals surface area (Å²) >= 11 is 0. The highest BCUT2D eigenvalue weighted by atomic mass is 32.2. The number of fused-ring (bicyclic) bond motifs is 1. The van der Waals surface area contributed by atoms with Crippen LogP contribution in [-0.2, 0) is 20.7 Å². The van der Waals surface area contributed by atoms with Crippen LogP contribution in [0, 0.1) is 0 Å². The molecule has 1 atom stereocenters. The summed E-state index contributed by atoms with van der Waals surface area (Å²) in [6.45, 7) is 1.66. The quantitative estimate of drug-likeness (QED) is 0.608. The summed E-state index contributed by atoms with van der Waals surface area (Å²) in [5.41, 5.74) is 0.752. The van der Waals surface area contributed by atoms with E-state index in [2.05, 4.69) is 0 Å². The minimum Gasteiger partial charge on any atom is -0.279 e. The lowest BCUT2D eigenvalue weighted by atomic mass is 10.1. The Hall–Kier alpha value is -1.11. The van der Waals surface area contributed by atoms with Crippen molar-refractivity contribution in [1.82, 2.24) is 0 Å². The summed E-state index contributed by atoms with van der Waals surface area (Å²) in [4.78, 5) is 0. The van der Waals surface area contributed by atoms with E-state index in [0.29, 0.717) is 6.42 Å². The van der Waals surface area contributed by atoms with E-state index in [1.807, 2.05) is 24.3 Å². The van der Waals surface area contributed by atoms with Gasteiger partial charge in [0, 0.05) is 6.42 Å². The van der Waals surface area contributed by atoms with Gasteiger partial charge in [-0.3, -0.25) is 5.01 Å². The Morgan fingerprint density at radius 1 is 1.44 bits per heavy atom. The smallest absolute Gasteiger partial charge is 0.266 e. The lowest BCUT2D eigenvalue weighted by Crippen LogP contribution is -2.51. The third kappa shape index (κ3) is 1.91. The van der Waals surface area contributed by atoms with Gasteiger partial charge in [0.25, 0.3) is 10.1 Å². The van der Waals surface area contributed by atoms with Crippen molar-refractivity contribution in [2.45, 2.75) is 19.1 Å². The second-order valence-corrected chi connectivity index (χ2v) is 5.71. The van der Waals surface area contributed by atoms with E-state index >= 15 is 0 Å². The normalized spacial score (nSPS) is 24.6. The topological polar surface area (TPSA) is 72.6 Å². The first-order valence-electron chi connectivity index (χ1n) is 4.85. The predicted molar refractivity (Wildman–Crippen MR) is 61.1 cm³/mol. The van der Waals surface area contributed by atoms with Crippen molar-refractivity contribution in [3.63, 3.8) is 0 Å². The van der Waals surface area contributed by atoms with Gasteiger partial charge in [-0.1, -0.05) is 18.2 Å². The molecule has 1 heterocycles. The van der Waals surface area contributed by atoms with Crippen molar-refractivity contribution in [1.29, 1.82) is 0 Å². The molecule has 0 aromatic heterocycles. The average molecular weight is 242 g/mol. The van der Waals surface area contributed by atoms with E-state index in [1.165, 1.54) is 5.01 Å². The number of benzene rings is 1. The standard InChI is InChI=1S/C10H14N2O3S/c1-10(15-16(2,13)14)7-8-5-3-4-6-9(8)12(10)11/h3-6H,7,11H2,1-2H3. The highest BCUT2D eigenvalue weighted by Gasteiger charge is 2.42. The van der Waals surface area contributed by atoms with Gasteiger partial charge in [-0.05, 0) is 18.6 Å². The van der Waals surface area contributed by atoms with Gasteiger partial charge in [-0.2, -0.15) is 8.42 Å². The molecule has 0 aliphatic carbocycles. The SMILES string of the molecule is CC1(OS(C)(=O)=O)Cc2ccccc2N1N. The third-order valence-electron chi connectivity index (χ3n) is 2.61. The molecule has 0 spiro atoms. The second-order valence-electron chi connectivity index (χ2n) is 4.14. The molecule has 16 heavy (non-hydrogen) atoms. The Labute approximate surface area is 94.9 Å². The molecule has 1 aromatic rings. The van der Waals surface area contributed by atoms with Gasteiger partial charge in [0.1, 0.15) is 0 Å². The molecule has 2 rings (SSSR count). The first-order chi connectivity index (χ1) is 7.32. The Balaban J connectivity index is 2.37. The van der Waals surface area contributed by atoms with Gasteiger partial charge in [0.15, 0.2) is 5.72 Å². The Bertz CT molecular complexity index is 515. The summed E-state index contributed by atoms with van der Waals surface area (Å²) in [7, 11) is -3.54. The first kappa shape index (κ1) is 11.4. The number of para-hydroxylation sites is 1. The fourth-order valence-corrected chi connectivity index (χ4v) is 2.78. The number of rotatable bonds is 2. The average Bonchev–Trinajstić information content (AvgIpc) is 2.37. The van der Waals surface area contributed by atoms with Gasteiger partial charge >= 0.3 is 0 Å². The minimum absolute atomic E-state index is 0.451. The van der Waals surface area contributed by atoms with Crippen molar-refractivity contribution in [3.05, 3.63) is 29.8 Å². The maximum absolute atomic E-state index is 11.2. The predicted octanol–water partition coefficient (Wildman–Crippen LogP) is 0.615. The third-order valence-corrected chi connectivity index (χ3v) is 3.27. The molecule has 0 fully saturated rings. The van der Waals surface area contributed by atoms with Crippen molar-refractivity contribution in [2.75, 3.05) is 11.3 Å². The van der Waals surface area contributed by atoms with Gasteiger partial charge in [0.2, 0.25) is 0 Å². The van der Waals surface area contributed by atoms with Gasteiger partial charge in [-0.25, -0.2) is 10.0 Å². The number of hydrogen-bond donors (Lipinski definition) is 1. The lowest BCUT2D eigenvalue weighted by molar-refractivity contribution is 0.104. The highest BCUT2D eigenvalue weighted by Crippen LogP contribution is 2.37. The molecule has 1 aliphatic heterocycles. The van der Waals surface area contributed by atoms with Crippen LogP contribution in [0.3, 0.4) is 0 Å². The molecule has 0 bridgehead atoms. The zero-order chi connectivity index (χ0) is 12.0. The van der Waals surface area contributed by atoms with E-state index in [-0.39, 0.29) is 0 Å². The maximum atomic E-state index is 11.2. The van der Waals surface area contributed by atoms with Crippen LogP contribution in [0.15, 0.2) is 24.3 Å². The molecule has 5 nitrogen and oxygen atoms in total. The molecule has 1 unspecified atom stereocenters. The van der Waals surface area contributed by atoms with Gasteiger partial charge in [-0.15, -0.1) is 0 Å². The molecular weight excluding hydrogens is 228 g/mol. The molecule has 0 saturated carbocycles. The molecule has 0 saturated heterocycles. The van der Waals surface area contributed by atoms with Crippen LogP contribution in [-0.4, -0.2) is 20.4 Å². The van der Waals surface area contributed by atoms with Crippen molar-refractivity contribution >= 4 is 15.8 Å². The molecule has 2 N–H and O–H groups in total. The van der Waals surface area contributed by atoms with Crippen molar-refractivity contribution in [3.8, 4) is 0 Å². The van der Waals surface area contributed by atoms with E-state index in [0.717, 1.165) is 17.5 Å². The van der Waals surface area contributed by atoms with E-state index < -0.39 is 15.8 Å². The van der Waals surface area contributed by atoms with Crippen LogP contribution in [0.5, 0.6) is 0 Å². The number of hydrazine groups is 1. The summed E-state index contributed by atoms with van der Waals surface area (Å²) in [6, 6.07) is 7.49. The van der Waals surface area contributed by atoms with E-state index in [9.17, 15) is 8.42 Å². The van der Waals surface area contributed by atoms with Crippen LogP contribution < -0.4 is 10.9 Å². The second kappa shape index (κ2) is 3.44. The van der Waals surface area contributed by atoms with Gasteiger partial charge in [0.05, 0.1) is 11.9 Å². The zero-order valence-corrected chi connectivity index (χ0v) is 9.99. The number of nitrogens with zero attached hydrogens (tertiary/aromatic N) is 1. The van der Waals surface area contributed by atoms with Crippen LogP contribution >= 0.6 is 0 Å². The lowest BCUT2D eigenvalue weighted by Gasteiger charge is -2.31. The zero-order valence-electron chi connectivity index (χ0n) is 9.17. The summed E-state index contributed by atoms with van der Waals surface area (Å²) < 4.78 is 27.4. The Kier molecular flexibility index (Phi) is 2.45. The summed E-state index contributed by atoms with van der Waals surface area (Å²) in [5, 5.41) is 1.36.